The van der Waals surface area contributed by atoms with Gasteiger partial charge in [-0.25, -0.2) is 4.98 Å². The van der Waals surface area contributed by atoms with Gasteiger partial charge in [0.1, 0.15) is 5.82 Å². The molecular formula is C27H32BrCl2N3O3SSi. The van der Waals surface area contributed by atoms with E-state index >= 15 is 0 Å². The lowest BCUT2D eigenvalue weighted by Gasteiger charge is -2.36. The van der Waals surface area contributed by atoms with Gasteiger partial charge >= 0.3 is 0 Å². The van der Waals surface area contributed by atoms with Crippen LogP contribution in [0.25, 0.3) is 12.2 Å². The molecule has 2 heterocycles. The second kappa shape index (κ2) is 12.1. The van der Waals surface area contributed by atoms with Gasteiger partial charge in [-0.05, 0) is 94.8 Å². The van der Waals surface area contributed by atoms with Gasteiger partial charge in [0.05, 0.1) is 3.79 Å². The molecule has 0 aliphatic carbocycles. The normalized spacial score (nSPS) is 12.4. The highest BCUT2D eigenvalue weighted by atomic mass is 79.9. The minimum Gasteiger partial charge on any atom is -0.538 e. The van der Waals surface area contributed by atoms with Gasteiger partial charge in [0, 0.05) is 22.6 Å². The predicted molar refractivity (Wildman–Crippen MR) is 165 cm³/mol. The monoisotopic (exact) mass is 655 g/mol. The number of rotatable bonds is 8. The van der Waals surface area contributed by atoms with E-state index in [0.717, 1.165) is 14.9 Å². The number of hydrogen-bond donors (Lipinski definition) is 1. The van der Waals surface area contributed by atoms with Crippen LogP contribution in [0.3, 0.4) is 0 Å². The molecule has 0 saturated carbocycles. The first kappa shape index (κ1) is 30.6. The standard InChI is InChI=1S/C27H32BrCl2N3O3SSi/c1-16(2)33-22(9-8-17-12-21(28)37-15-17)32-23(24(26(33)35)36-38(6,7)27(3,4)5)25(34)31-14-18-10-19(29)13-20(30)11-18/h8-13,15-16H,14H2,1-7H3,(H,31,34). The molecule has 1 N–H and O–H groups in total. The number of hydrogen-bond acceptors (Lipinski definition) is 5. The summed E-state index contributed by atoms with van der Waals surface area (Å²) in [5, 5.41) is 5.57. The highest BCUT2D eigenvalue weighted by molar-refractivity contribution is 9.11. The van der Waals surface area contributed by atoms with Crippen molar-refractivity contribution in [2.75, 3.05) is 0 Å². The van der Waals surface area contributed by atoms with E-state index in [1.165, 1.54) is 0 Å². The molecule has 0 bridgehead atoms. The molecule has 3 aromatic rings. The molecule has 204 valence electrons. The fourth-order valence-electron chi connectivity index (χ4n) is 3.37. The Hall–Kier alpha value is -1.91. The zero-order chi connectivity index (χ0) is 28.4. The third-order valence-corrected chi connectivity index (χ3v) is 12.7. The fraction of sp³-hybridized carbons (Fsp3) is 0.370. The van der Waals surface area contributed by atoms with Gasteiger partial charge < -0.3 is 9.74 Å². The fourth-order valence-corrected chi connectivity index (χ4v) is 6.08. The maximum atomic E-state index is 13.9. The Balaban J connectivity index is 2.13. The van der Waals surface area contributed by atoms with Crippen molar-refractivity contribution >= 4 is 76.8 Å². The Morgan fingerprint density at radius 2 is 1.82 bits per heavy atom. The van der Waals surface area contributed by atoms with Crippen LogP contribution in [0.4, 0.5) is 0 Å². The van der Waals surface area contributed by atoms with Crippen molar-refractivity contribution in [2.24, 2.45) is 0 Å². The zero-order valence-electron chi connectivity index (χ0n) is 22.5. The van der Waals surface area contributed by atoms with Gasteiger partial charge in [-0.15, -0.1) is 11.3 Å². The number of nitrogens with zero attached hydrogens (tertiary/aromatic N) is 2. The predicted octanol–water partition coefficient (Wildman–Crippen LogP) is 8.44. The van der Waals surface area contributed by atoms with Gasteiger partial charge in [-0.1, -0.05) is 50.0 Å². The number of amides is 1. The highest BCUT2D eigenvalue weighted by Gasteiger charge is 2.41. The molecule has 38 heavy (non-hydrogen) atoms. The highest BCUT2D eigenvalue weighted by Crippen LogP contribution is 2.37. The Morgan fingerprint density at radius 1 is 1.18 bits per heavy atom. The van der Waals surface area contributed by atoms with Gasteiger partial charge in [-0.2, -0.15) is 0 Å². The van der Waals surface area contributed by atoms with Gasteiger partial charge in [0.2, 0.25) is 5.75 Å². The number of carbonyl (C=O) groups excluding carboxylic acids is 1. The van der Waals surface area contributed by atoms with E-state index < -0.39 is 14.2 Å². The summed E-state index contributed by atoms with van der Waals surface area (Å²) in [6.07, 6.45) is 3.62. The number of benzene rings is 1. The lowest BCUT2D eigenvalue weighted by molar-refractivity contribution is 0.0942. The van der Waals surface area contributed by atoms with Crippen LogP contribution in [0.2, 0.25) is 28.2 Å². The summed E-state index contributed by atoms with van der Waals surface area (Å²) in [6, 6.07) is 6.82. The van der Waals surface area contributed by atoms with E-state index in [0.29, 0.717) is 15.9 Å². The van der Waals surface area contributed by atoms with E-state index in [1.54, 1.807) is 40.2 Å². The molecule has 11 heteroatoms. The molecule has 1 aromatic carbocycles. The molecule has 0 fully saturated rings. The third kappa shape index (κ3) is 7.38. The van der Waals surface area contributed by atoms with E-state index in [-0.39, 0.29) is 34.6 Å². The van der Waals surface area contributed by atoms with Crippen molar-refractivity contribution in [1.82, 2.24) is 14.9 Å². The molecule has 2 aromatic heterocycles. The van der Waals surface area contributed by atoms with Crippen molar-refractivity contribution in [3.05, 3.63) is 76.5 Å². The van der Waals surface area contributed by atoms with Crippen LogP contribution >= 0.6 is 50.5 Å². The van der Waals surface area contributed by atoms with Crippen LogP contribution in [-0.2, 0) is 6.54 Å². The summed E-state index contributed by atoms with van der Waals surface area (Å²) in [5.41, 5.74) is 1.25. The molecular weight excluding hydrogens is 625 g/mol. The average Bonchev–Trinajstić information content (AvgIpc) is 3.20. The lowest BCUT2D eigenvalue weighted by atomic mass is 10.2. The van der Waals surface area contributed by atoms with E-state index in [2.05, 4.69) is 42.0 Å². The van der Waals surface area contributed by atoms with Crippen LogP contribution in [0.5, 0.6) is 5.75 Å². The smallest absolute Gasteiger partial charge is 0.295 e. The first-order valence-electron chi connectivity index (χ1n) is 12.1. The largest absolute Gasteiger partial charge is 0.538 e. The van der Waals surface area contributed by atoms with Crippen LogP contribution in [0, 0.1) is 0 Å². The van der Waals surface area contributed by atoms with E-state index in [4.69, 9.17) is 32.6 Å². The molecule has 0 saturated heterocycles. The van der Waals surface area contributed by atoms with Crippen molar-refractivity contribution in [1.29, 1.82) is 0 Å². The topological polar surface area (TPSA) is 73.2 Å². The van der Waals surface area contributed by atoms with Crippen molar-refractivity contribution in [2.45, 2.75) is 65.3 Å². The van der Waals surface area contributed by atoms with Crippen LogP contribution < -0.4 is 15.3 Å². The molecule has 0 atom stereocenters. The van der Waals surface area contributed by atoms with Crippen molar-refractivity contribution < 1.29 is 9.22 Å². The SMILES string of the molecule is CC(C)n1c(C=Cc2csc(Br)c2)nc(C(=O)NCc2cc(Cl)cc(Cl)c2)c(O[Si](C)(C)C(C)(C)C)c1=O. The first-order chi connectivity index (χ1) is 17.6. The molecule has 0 radical (unpaired) electrons. The lowest BCUT2D eigenvalue weighted by Crippen LogP contribution is -2.46. The van der Waals surface area contributed by atoms with Crippen LogP contribution in [0.1, 0.15) is 68.1 Å². The molecule has 0 aliphatic rings. The Bertz CT molecular complexity index is 1410. The van der Waals surface area contributed by atoms with Crippen molar-refractivity contribution in [3.8, 4) is 5.75 Å². The van der Waals surface area contributed by atoms with Crippen molar-refractivity contribution in [3.63, 3.8) is 0 Å². The van der Waals surface area contributed by atoms with Gasteiger partial charge in [0.15, 0.2) is 5.69 Å². The molecule has 1 amide bonds. The molecule has 3 rings (SSSR count). The summed E-state index contributed by atoms with van der Waals surface area (Å²) in [6.45, 7) is 14.3. The average molecular weight is 658 g/mol. The Morgan fingerprint density at radius 3 is 2.34 bits per heavy atom. The Labute approximate surface area is 247 Å². The quantitative estimate of drug-likeness (QED) is 0.247. The Kier molecular flexibility index (Phi) is 9.74. The van der Waals surface area contributed by atoms with Crippen LogP contribution in [-0.4, -0.2) is 23.8 Å². The van der Waals surface area contributed by atoms with E-state index in [1.807, 2.05) is 44.5 Å². The number of halogens is 3. The number of aromatic nitrogens is 2. The first-order valence-corrected chi connectivity index (χ1v) is 17.4. The number of nitrogens with one attached hydrogen (secondary N) is 1. The summed E-state index contributed by atoms with van der Waals surface area (Å²) < 4.78 is 9.02. The number of carbonyl (C=O) groups is 1. The molecule has 0 aliphatic heterocycles. The third-order valence-electron chi connectivity index (χ3n) is 6.38. The minimum atomic E-state index is -2.49. The van der Waals surface area contributed by atoms with E-state index in [9.17, 15) is 9.59 Å². The summed E-state index contributed by atoms with van der Waals surface area (Å²) >= 11 is 17.3. The summed E-state index contributed by atoms with van der Waals surface area (Å²) in [4.78, 5) is 32.1. The molecule has 0 unspecified atom stereocenters. The maximum absolute atomic E-state index is 13.9. The summed E-state index contributed by atoms with van der Waals surface area (Å²) in [7, 11) is -2.49. The zero-order valence-corrected chi connectivity index (χ0v) is 27.4. The maximum Gasteiger partial charge on any atom is 0.295 e. The van der Waals surface area contributed by atoms with Crippen LogP contribution in [0.15, 0.2) is 38.2 Å². The molecule has 6 nitrogen and oxygen atoms in total. The van der Waals surface area contributed by atoms with Gasteiger partial charge in [-0.3, -0.25) is 14.2 Å². The number of thiophene rings is 1. The molecule has 0 spiro atoms. The minimum absolute atomic E-state index is 0.0256. The summed E-state index contributed by atoms with van der Waals surface area (Å²) in [5.74, 6) is -0.177. The van der Waals surface area contributed by atoms with Gasteiger partial charge in [0.25, 0.3) is 19.8 Å². The second-order valence-electron chi connectivity index (χ2n) is 10.8. The second-order valence-corrected chi connectivity index (χ2v) is 18.6.